The van der Waals surface area contributed by atoms with E-state index in [-0.39, 0.29) is 11.8 Å². The molecule has 0 radical (unpaired) electrons. The van der Waals surface area contributed by atoms with Crippen LogP contribution in [0.3, 0.4) is 0 Å². The molecule has 5 nitrogen and oxygen atoms in total. The predicted octanol–water partition coefficient (Wildman–Crippen LogP) is 3.34. The molecule has 0 atom stereocenters. The van der Waals surface area contributed by atoms with E-state index in [0.29, 0.717) is 11.1 Å². The van der Waals surface area contributed by atoms with Crippen LogP contribution in [-0.4, -0.2) is 26.7 Å². The summed E-state index contributed by atoms with van der Waals surface area (Å²) in [5.74, 6) is -0.582. The van der Waals surface area contributed by atoms with Gasteiger partial charge < -0.3 is 4.98 Å². The van der Waals surface area contributed by atoms with E-state index in [1.807, 2.05) is 24.3 Å². The Morgan fingerprint density at radius 2 is 1.58 bits per heavy atom. The molecule has 2 heterocycles. The van der Waals surface area contributed by atoms with Gasteiger partial charge >= 0.3 is 0 Å². The third kappa shape index (κ3) is 2.32. The number of imidazole rings is 1. The minimum Gasteiger partial charge on any atom is -0.345 e. The van der Waals surface area contributed by atoms with Crippen LogP contribution in [0, 0.1) is 0 Å². The average molecular weight is 315 g/mol. The van der Waals surface area contributed by atoms with Gasteiger partial charge in [-0.1, -0.05) is 36.4 Å². The van der Waals surface area contributed by atoms with Crippen molar-refractivity contribution >= 4 is 17.9 Å². The Bertz CT molecular complexity index is 906. The second-order valence-corrected chi connectivity index (χ2v) is 5.43. The van der Waals surface area contributed by atoms with Crippen molar-refractivity contribution in [3.63, 3.8) is 0 Å². The Morgan fingerprint density at radius 1 is 0.917 bits per heavy atom. The van der Waals surface area contributed by atoms with Gasteiger partial charge in [-0.3, -0.25) is 9.59 Å². The number of carbonyl (C=O) groups is 2. The maximum atomic E-state index is 12.3. The zero-order valence-corrected chi connectivity index (χ0v) is 12.6. The van der Waals surface area contributed by atoms with Gasteiger partial charge in [-0.15, -0.1) is 0 Å². The lowest BCUT2D eigenvalue weighted by Crippen LogP contribution is -2.23. The number of nitrogens with one attached hydrogen (secondary N) is 1. The van der Waals surface area contributed by atoms with Crippen LogP contribution in [0.25, 0.3) is 17.3 Å². The molecule has 0 spiro atoms. The van der Waals surface area contributed by atoms with E-state index >= 15 is 0 Å². The van der Waals surface area contributed by atoms with Gasteiger partial charge in [-0.05, 0) is 29.3 Å². The highest BCUT2D eigenvalue weighted by Crippen LogP contribution is 2.23. The highest BCUT2D eigenvalue weighted by Gasteiger charge is 2.33. The van der Waals surface area contributed by atoms with Crippen LogP contribution in [0.2, 0.25) is 0 Å². The fourth-order valence-corrected chi connectivity index (χ4v) is 2.69. The van der Waals surface area contributed by atoms with Crippen molar-refractivity contribution < 1.29 is 9.59 Å². The van der Waals surface area contributed by atoms with Gasteiger partial charge in [0.15, 0.2) is 0 Å². The van der Waals surface area contributed by atoms with Crippen molar-refractivity contribution in [3.05, 3.63) is 83.9 Å². The number of hydrogen-bond acceptors (Lipinski definition) is 3. The molecule has 0 fully saturated rings. The standard InChI is InChI=1S/C19H13N3O2/c23-18-15-3-1-2-4-16(15)19(24)22(18)10-9-13-5-7-14(8-6-13)17-11-20-12-21-17/h1-12H,(H,20,21)/b10-9+. The summed E-state index contributed by atoms with van der Waals surface area (Å²) < 4.78 is 0. The number of fused-ring (bicyclic) bond motifs is 1. The number of amides is 2. The van der Waals surface area contributed by atoms with Crippen molar-refractivity contribution in [2.75, 3.05) is 0 Å². The quantitative estimate of drug-likeness (QED) is 0.754. The number of benzene rings is 2. The van der Waals surface area contributed by atoms with E-state index < -0.39 is 0 Å². The molecule has 0 bridgehead atoms. The molecule has 2 aromatic carbocycles. The molecule has 1 aliphatic rings. The molecule has 24 heavy (non-hydrogen) atoms. The second kappa shape index (κ2) is 5.62. The number of nitrogens with zero attached hydrogens (tertiary/aromatic N) is 2. The Hall–Kier alpha value is -3.47. The van der Waals surface area contributed by atoms with Crippen molar-refractivity contribution in [3.8, 4) is 11.3 Å². The lowest BCUT2D eigenvalue weighted by atomic mass is 10.1. The maximum absolute atomic E-state index is 12.3. The summed E-state index contributed by atoms with van der Waals surface area (Å²) in [5, 5.41) is 0. The number of aromatic nitrogens is 2. The lowest BCUT2D eigenvalue weighted by Gasteiger charge is -2.07. The lowest BCUT2D eigenvalue weighted by molar-refractivity contribution is 0.0722. The van der Waals surface area contributed by atoms with Crippen molar-refractivity contribution in [2.24, 2.45) is 0 Å². The number of H-pyrrole nitrogens is 1. The van der Waals surface area contributed by atoms with Gasteiger partial charge in [0.25, 0.3) is 11.8 Å². The van der Waals surface area contributed by atoms with E-state index in [0.717, 1.165) is 21.7 Å². The van der Waals surface area contributed by atoms with E-state index in [2.05, 4.69) is 9.97 Å². The molecule has 2 amide bonds. The fourth-order valence-electron chi connectivity index (χ4n) is 2.69. The van der Waals surface area contributed by atoms with Crippen LogP contribution in [0.15, 0.2) is 67.3 Å². The molecule has 1 aliphatic heterocycles. The van der Waals surface area contributed by atoms with Gasteiger partial charge in [-0.2, -0.15) is 0 Å². The minimum atomic E-state index is -0.291. The fraction of sp³-hybridized carbons (Fsp3) is 0. The molecule has 0 saturated carbocycles. The number of carbonyl (C=O) groups excluding carboxylic acids is 2. The monoisotopic (exact) mass is 315 g/mol. The Labute approximate surface area is 138 Å². The SMILES string of the molecule is O=C1c2ccccc2C(=O)N1/C=C/c1ccc(-c2cnc[nH]2)cc1. The second-order valence-electron chi connectivity index (χ2n) is 5.43. The minimum absolute atomic E-state index is 0.291. The summed E-state index contributed by atoms with van der Waals surface area (Å²) in [6, 6.07) is 14.6. The Balaban J connectivity index is 1.56. The summed E-state index contributed by atoms with van der Waals surface area (Å²) in [4.78, 5) is 32.7. The van der Waals surface area contributed by atoms with Gasteiger partial charge in [0.1, 0.15) is 0 Å². The number of rotatable bonds is 3. The highest BCUT2D eigenvalue weighted by atomic mass is 16.2. The molecule has 0 aliphatic carbocycles. The highest BCUT2D eigenvalue weighted by molar-refractivity contribution is 6.22. The zero-order chi connectivity index (χ0) is 16.5. The molecular formula is C19H13N3O2. The van der Waals surface area contributed by atoms with E-state index in [1.165, 1.54) is 6.20 Å². The smallest absolute Gasteiger partial charge is 0.265 e. The van der Waals surface area contributed by atoms with E-state index in [1.54, 1.807) is 42.9 Å². The molecular weight excluding hydrogens is 302 g/mol. The van der Waals surface area contributed by atoms with Crippen LogP contribution >= 0.6 is 0 Å². The molecule has 0 unspecified atom stereocenters. The van der Waals surface area contributed by atoms with E-state index in [4.69, 9.17) is 0 Å². The van der Waals surface area contributed by atoms with Crippen LogP contribution in [-0.2, 0) is 0 Å². The van der Waals surface area contributed by atoms with E-state index in [9.17, 15) is 9.59 Å². The first-order valence-corrected chi connectivity index (χ1v) is 7.48. The van der Waals surface area contributed by atoms with Gasteiger partial charge in [-0.25, -0.2) is 9.88 Å². The average Bonchev–Trinajstić information content (AvgIpc) is 3.23. The molecule has 4 rings (SSSR count). The molecule has 0 saturated heterocycles. The van der Waals surface area contributed by atoms with Crippen LogP contribution < -0.4 is 0 Å². The first-order valence-electron chi connectivity index (χ1n) is 7.48. The number of hydrogen-bond donors (Lipinski definition) is 1. The summed E-state index contributed by atoms with van der Waals surface area (Å²) in [6.45, 7) is 0. The molecule has 3 aromatic rings. The third-order valence-corrected chi connectivity index (χ3v) is 3.96. The largest absolute Gasteiger partial charge is 0.345 e. The van der Waals surface area contributed by atoms with Crippen LogP contribution in [0.5, 0.6) is 0 Å². The topological polar surface area (TPSA) is 66.1 Å². The summed E-state index contributed by atoms with van der Waals surface area (Å²) in [7, 11) is 0. The van der Waals surface area contributed by atoms with Gasteiger partial charge in [0, 0.05) is 6.20 Å². The first-order chi connectivity index (χ1) is 11.7. The summed E-state index contributed by atoms with van der Waals surface area (Å²) >= 11 is 0. The molecule has 116 valence electrons. The van der Waals surface area contributed by atoms with Crippen molar-refractivity contribution in [2.45, 2.75) is 0 Å². The number of aromatic amines is 1. The normalized spacial score (nSPS) is 13.8. The zero-order valence-electron chi connectivity index (χ0n) is 12.6. The predicted molar refractivity (Wildman–Crippen MR) is 90.0 cm³/mol. The van der Waals surface area contributed by atoms with Crippen LogP contribution in [0.4, 0.5) is 0 Å². The Morgan fingerprint density at radius 3 is 2.17 bits per heavy atom. The first kappa shape index (κ1) is 14.1. The molecule has 1 aromatic heterocycles. The van der Waals surface area contributed by atoms with Crippen molar-refractivity contribution in [1.29, 1.82) is 0 Å². The van der Waals surface area contributed by atoms with Gasteiger partial charge in [0.2, 0.25) is 0 Å². The van der Waals surface area contributed by atoms with Gasteiger partial charge in [0.05, 0.1) is 29.3 Å². The summed E-state index contributed by atoms with van der Waals surface area (Å²) in [6.07, 6.45) is 6.66. The maximum Gasteiger partial charge on any atom is 0.265 e. The third-order valence-electron chi connectivity index (χ3n) is 3.96. The molecule has 5 heteroatoms. The Kier molecular flexibility index (Phi) is 3.31. The molecule has 1 N–H and O–H groups in total. The van der Waals surface area contributed by atoms with Crippen molar-refractivity contribution in [1.82, 2.24) is 14.9 Å². The summed E-state index contributed by atoms with van der Waals surface area (Å²) in [5.41, 5.74) is 3.74. The van der Waals surface area contributed by atoms with Crippen LogP contribution in [0.1, 0.15) is 26.3 Å². The number of imide groups is 1.